The summed E-state index contributed by atoms with van der Waals surface area (Å²) in [4.78, 5) is 9.99. The Morgan fingerprint density at radius 1 is 1.27 bits per heavy atom. The van der Waals surface area contributed by atoms with Gasteiger partial charge in [0, 0.05) is 0 Å². The molecule has 0 saturated heterocycles. The zero-order valence-corrected chi connectivity index (χ0v) is 8.35. The van der Waals surface area contributed by atoms with Crippen molar-refractivity contribution in [2.75, 3.05) is 0 Å². The van der Waals surface area contributed by atoms with Crippen LogP contribution in [0.2, 0.25) is 0 Å². The molecule has 0 amide bonds. The molecule has 0 unspecified atom stereocenters. The molecule has 1 N–H and O–H groups in total. The highest BCUT2D eigenvalue weighted by atomic mass is 32.2. The molecule has 0 aliphatic heterocycles. The molecular formula is C9H8O5S. The van der Waals surface area contributed by atoms with Crippen LogP contribution in [0.4, 0.5) is 4.79 Å². The van der Waals surface area contributed by atoms with E-state index in [2.05, 4.69) is 4.18 Å². The minimum atomic E-state index is -4.16. The summed E-state index contributed by atoms with van der Waals surface area (Å²) in [6, 6.07) is 8.58. The van der Waals surface area contributed by atoms with Crippen LogP contribution in [0.25, 0.3) is 6.08 Å². The van der Waals surface area contributed by atoms with Crippen LogP contribution < -0.4 is 0 Å². The summed E-state index contributed by atoms with van der Waals surface area (Å²) in [5, 5.41) is 8.80. The molecule has 0 fully saturated rings. The fourth-order valence-electron chi connectivity index (χ4n) is 0.853. The lowest BCUT2D eigenvalue weighted by molar-refractivity contribution is 0.148. The van der Waals surface area contributed by atoms with Crippen LogP contribution in [0.5, 0.6) is 0 Å². The Morgan fingerprint density at radius 2 is 1.87 bits per heavy atom. The van der Waals surface area contributed by atoms with Gasteiger partial charge in [-0.05, 0) is 11.6 Å². The Balaban J connectivity index is 2.78. The first-order valence-corrected chi connectivity index (χ1v) is 5.37. The van der Waals surface area contributed by atoms with E-state index in [0.717, 1.165) is 0 Å². The van der Waals surface area contributed by atoms with Gasteiger partial charge in [0.2, 0.25) is 0 Å². The molecule has 1 rings (SSSR count). The largest absolute Gasteiger partial charge is 0.521 e. The van der Waals surface area contributed by atoms with Crippen molar-refractivity contribution < 1.29 is 22.5 Å². The van der Waals surface area contributed by atoms with E-state index in [1.54, 1.807) is 30.3 Å². The van der Waals surface area contributed by atoms with Gasteiger partial charge in [-0.2, -0.15) is 8.42 Å². The lowest BCUT2D eigenvalue weighted by Crippen LogP contribution is -2.07. The van der Waals surface area contributed by atoms with E-state index < -0.39 is 16.3 Å². The molecule has 80 valence electrons. The molecule has 0 saturated carbocycles. The summed E-state index contributed by atoms with van der Waals surface area (Å²) in [6.45, 7) is 0. The van der Waals surface area contributed by atoms with Gasteiger partial charge in [-0.3, -0.25) is 0 Å². The third-order valence-electron chi connectivity index (χ3n) is 1.41. The van der Waals surface area contributed by atoms with Crippen LogP contribution in [0, 0.1) is 0 Å². The third-order valence-corrected chi connectivity index (χ3v) is 2.26. The van der Waals surface area contributed by atoms with Gasteiger partial charge in [0.15, 0.2) is 0 Å². The van der Waals surface area contributed by atoms with Crippen LogP contribution >= 0.6 is 0 Å². The average Bonchev–Trinajstić information content (AvgIpc) is 2.15. The van der Waals surface area contributed by atoms with Crippen molar-refractivity contribution >= 4 is 22.3 Å². The van der Waals surface area contributed by atoms with Gasteiger partial charge in [-0.15, -0.1) is 0 Å². The highest BCUT2D eigenvalue weighted by Gasteiger charge is 2.11. The van der Waals surface area contributed by atoms with Crippen molar-refractivity contribution in [3.63, 3.8) is 0 Å². The monoisotopic (exact) mass is 228 g/mol. The molecule has 6 heteroatoms. The van der Waals surface area contributed by atoms with Crippen molar-refractivity contribution in [1.82, 2.24) is 0 Å². The maximum Gasteiger partial charge on any atom is 0.521 e. The van der Waals surface area contributed by atoms with E-state index in [1.165, 1.54) is 6.08 Å². The fraction of sp³-hybridized carbons (Fsp3) is 0. The van der Waals surface area contributed by atoms with E-state index in [-0.39, 0.29) is 0 Å². The van der Waals surface area contributed by atoms with Gasteiger partial charge < -0.3 is 9.29 Å². The second-order valence-corrected chi connectivity index (χ2v) is 3.98. The summed E-state index contributed by atoms with van der Waals surface area (Å²) >= 11 is 0. The fourth-order valence-corrected chi connectivity index (χ4v) is 1.43. The van der Waals surface area contributed by atoms with Crippen LogP contribution in [0.3, 0.4) is 0 Å². The smallest absolute Gasteiger partial charge is 0.449 e. The second kappa shape index (κ2) is 4.61. The topological polar surface area (TPSA) is 80.7 Å². The Labute approximate surface area is 86.7 Å². The molecule has 0 atom stereocenters. The van der Waals surface area contributed by atoms with Gasteiger partial charge >= 0.3 is 16.3 Å². The standard InChI is InChI=1S/C9H8O5S/c10-9(11)14-15(12,13)7-6-8-4-2-1-3-5-8/h1-7H,(H,10,11). The summed E-state index contributed by atoms with van der Waals surface area (Å²) in [6.07, 6.45) is -0.606. The normalized spacial score (nSPS) is 11.5. The van der Waals surface area contributed by atoms with Crippen molar-refractivity contribution in [2.45, 2.75) is 0 Å². The Kier molecular flexibility index (Phi) is 3.46. The summed E-state index contributed by atoms with van der Waals surface area (Å²) in [5.41, 5.74) is 0.634. The highest BCUT2D eigenvalue weighted by Crippen LogP contribution is 2.04. The predicted octanol–water partition coefficient (Wildman–Crippen LogP) is 1.68. The van der Waals surface area contributed by atoms with E-state index in [1.807, 2.05) is 0 Å². The van der Waals surface area contributed by atoms with Gasteiger partial charge in [0.1, 0.15) is 0 Å². The van der Waals surface area contributed by atoms with E-state index >= 15 is 0 Å². The minimum absolute atomic E-state index is 0.634. The molecule has 0 bridgehead atoms. The van der Waals surface area contributed by atoms with Crippen molar-refractivity contribution in [2.24, 2.45) is 0 Å². The maximum absolute atomic E-state index is 10.9. The van der Waals surface area contributed by atoms with Crippen LogP contribution in [0.1, 0.15) is 5.56 Å². The van der Waals surface area contributed by atoms with Gasteiger partial charge in [-0.25, -0.2) is 4.79 Å². The van der Waals surface area contributed by atoms with Crippen LogP contribution in [0.15, 0.2) is 35.7 Å². The first-order valence-electron chi connectivity index (χ1n) is 3.90. The predicted molar refractivity (Wildman–Crippen MR) is 53.5 cm³/mol. The number of carbonyl (C=O) groups is 1. The second-order valence-electron chi connectivity index (χ2n) is 2.56. The molecule has 0 heterocycles. The lowest BCUT2D eigenvalue weighted by atomic mass is 10.2. The van der Waals surface area contributed by atoms with E-state index in [4.69, 9.17) is 5.11 Å². The molecular weight excluding hydrogens is 220 g/mol. The molecule has 0 aliphatic rings. The molecule has 0 spiro atoms. The van der Waals surface area contributed by atoms with Gasteiger partial charge in [0.25, 0.3) is 0 Å². The quantitative estimate of drug-likeness (QED) is 0.796. The van der Waals surface area contributed by atoms with Gasteiger partial charge in [-0.1, -0.05) is 30.3 Å². The SMILES string of the molecule is O=C(O)OS(=O)(=O)C=Cc1ccccc1. The number of rotatable bonds is 3. The number of hydrogen-bond donors (Lipinski definition) is 1. The Bertz CT molecular complexity index is 461. The third kappa shape index (κ3) is 4.28. The number of hydrogen-bond acceptors (Lipinski definition) is 4. The van der Waals surface area contributed by atoms with Gasteiger partial charge in [0.05, 0.1) is 5.41 Å². The molecule has 5 nitrogen and oxygen atoms in total. The molecule has 0 aliphatic carbocycles. The van der Waals surface area contributed by atoms with Crippen molar-refractivity contribution in [3.8, 4) is 0 Å². The zero-order chi connectivity index (χ0) is 11.3. The molecule has 1 aromatic rings. The first-order chi connectivity index (χ1) is 6.99. The zero-order valence-electron chi connectivity index (χ0n) is 7.53. The molecule has 0 radical (unpaired) electrons. The van der Waals surface area contributed by atoms with E-state index in [0.29, 0.717) is 11.0 Å². The first kappa shape index (κ1) is 11.3. The molecule has 0 aromatic heterocycles. The minimum Gasteiger partial charge on any atom is -0.449 e. The maximum atomic E-state index is 10.9. The molecule has 15 heavy (non-hydrogen) atoms. The number of benzene rings is 1. The van der Waals surface area contributed by atoms with Crippen molar-refractivity contribution in [3.05, 3.63) is 41.3 Å². The Hall–Kier alpha value is -1.82. The summed E-state index contributed by atoms with van der Waals surface area (Å²) < 4.78 is 25.5. The number of carboxylic acid groups (broad SMARTS) is 1. The lowest BCUT2D eigenvalue weighted by Gasteiger charge is -1.95. The average molecular weight is 228 g/mol. The molecule has 1 aromatic carbocycles. The van der Waals surface area contributed by atoms with Crippen LogP contribution in [-0.4, -0.2) is 19.7 Å². The summed E-state index contributed by atoms with van der Waals surface area (Å²) in [5.74, 6) is 0. The Morgan fingerprint density at radius 3 is 2.40 bits per heavy atom. The van der Waals surface area contributed by atoms with Crippen molar-refractivity contribution in [1.29, 1.82) is 0 Å². The van der Waals surface area contributed by atoms with Crippen LogP contribution in [-0.2, 0) is 14.3 Å². The summed E-state index contributed by atoms with van der Waals surface area (Å²) in [7, 11) is -4.16. The highest BCUT2D eigenvalue weighted by molar-refractivity contribution is 7.90. The van der Waals surface area contributed by atoms with E-state index in [9.17, 15) is 13.2 Å².